The third kappa shape index (κ3) is 3.18. The molecule has 0 saturated heterocycles. The Morgan fingerprint density at radius 3 is 2.71 bits per heavy atom. The molecule has 1 fully saturated rings. The summed E-state index contributed by atoms with van der Waals surface area (Å²) >= 11 is 6.11. The smallest absolute Gasteiger partial charge is 0.126 e. The lowest BCUT2D eigenvalue weighted by atomic mass is 10.1. The van der Waals surface area contributed by atoms with Crippen LogP contribution in [0.25, 0.3) is 0 Å². The van der Waals surface area contributed by atoms with Crippen LogP contribution in [0, 0.1) is 12.7 Å². The molecular weight excluding hydrogens is 239 g/mol. The van der Waals surface area contributed by atoms with Gasteiger partial charge in [0.05, 0.1) is 0 Å². The Labute approximate surface area is 107 Å². The number of halogens is 2. The van der Waals surface area contributed by atoms with Crippen LogP contribution < -0.4 is 5.73 Å². The molecule has 0 aromatic heterocycles. The Morgan fingerprint density at radius 1 is 1.47 bits per heavy atom. The number of hydrogen-bond acceptors (Lipinski definition) is 2. The summed E-state index contributed by atoms with van der Waals surface area (Å²) in [6.45, 7) is 3.18. The van der Waals surface area contributed by atoms with Gasteiger partial charge in [0, 0.05) is 23.7 Å². The van der Waals surface area contributed by atoms with Crippen LogP contribution in [0.2, 0.25) is 5.02 Å². The SMILES string of the molecule is Cc1cc(Cl)c(CN(C)CC2(N)CC2)cc1F. The molecule has 0 spiro atoms. The molecule has 0 radical (unpaired) electrons. The highest BCUT2D eigenvalue weighted by molar-refractivity contribution is 6.31. The standard InChI is InChI=1S/C13H18ClFN2/c1-9-5-11(14)10(6-12(9)15)7-17(2)8-13(16)3-4-13/h5-6H,3-4,7-8,16H2,1-2H3. The Bertz CT molecular complexity index is 430. The number of rotatable bonds is 4. The topological polar surface area (TPSA) is 29.3 Å². The number of hydrogen-bond donors (Lipinski definition) is 1. The van der Waals surface area contributed by atoms with Gasteiger partial charge in [-0.25, -0.2) is 4.39 Å². The summed E-state index contributed by atoms with van der Waals surface area (Å²) in [4.78, 5) is 2.10. The molecule has 2 rings (SSSR count). The van der Waals surface area contributed by atoms with Crippen LogP contribution in [0.15, 0.2) is 12.1 Å². The molecule has 1 aromatic carbocycles. The van der Waals surface area contributed by atoms with Crippen molar-refractivity contribution in [3.63, 3.8) is 0 Å². The molecule has 0 aliphatic heterocycles. The van der Waals surface area contributed by atoms with Gasteiger partial charge in [-0.05, 0) is 50.1 Å². The lowest BCUT2D eigenvalue weighted by Gasteiger charge is -2.21. The van der Waals surface area contributed by atoms with Gasteiger partial charge < -0.3 is 10.6 Å². The first kappa shape index (κ1) is 12.8. The average molecular weight is 257 g/mol. The van der Waals surface area contributed by atoms with Crippen molar-refractivity contribution in [2.75, 3.05) is 13.6 Å². The predicted octanol–water partition coefficient (Wildman–Crippen LogP) is 2.71. The van der Waals surface area contributed by atoms with Crippen molar-refractivity contribution < 1.29 is 4.39 Å². The first-order chi connectivity index (χ1) is 7.89. The van der Waals surface area contributed by atoms with Crippen LogP contribution in [-0.2, 0) is 6.54 Å². The van der Waals surface area contributed by atoms with Crippen LogP contribution in [0.1, 0.15) is 24.0 Å². The van der Waals surface area contributed by atoms with E-state index in [1.54, 1.807) is 13.0 Å². The molecule has 17 heavy (non-hydrogen) atoms. The zero-order valence-corrected chi connectivity index (χ0v) is 11.0. The minimum atomic E-state index is -0.202. The van der Waals surface area contributed by atoms with Crippen molar-refractivity contribution in [3.05, 3.63) is 34.1 Å². The van der Waals surface area contributed by atoms with E-state index in [4.69, 9.17) is 17.3 Å². The molecule has 1 saturated carbocycles. The fraction of sp³-hybridized carbons (Fsp3) is 0.538. The van der Waals surface area contributed by atoms with Crippen LogP contribution in [-0.4, -0.2) is 24.0 Å². The van der Waals surface area contributed by atoms with Crippen molar-refractivity contribution >= 4 is 11.6 Å². The second kappa shape index (κ2) is 4.56. The second-order valence-corrected chi connectivity index (χ2v) is 5.63. The molecule has 1 aliphatic rings. The van der Waals surface area contributed by atoms with Gasteiger partial charge in [0.15, 0.2) is 0 Å². The minimum Gasteiger partial charge on any atom is -0.324 e. The summed E-state index contributed by atoms with van der Waals surface area (Å²) in [6.07, 6.45) is 2.15. The quantitative estimate of drug-likeness (QED) is 0.898. The Kier molecular flexibility index (Phi) is 3.43. The van der Waals surface area contributed by atoms with Gasteiger partial charge in [0.25, 0.3) is 0 Å². The van der Waals surface area contributed by atoms with Gasteiger partial charge in [-0.15, -0.1) is 0 Å². The summed E-state index contributed by atoms with van der Waals surface area (Å²) in [5.74, 6) is -0.202. The highest BCUT2D eigenvalue weighted by atomic mass is 35.5. The number of nitrogens with two attached hydrogens (primary N) is 1. The third-order valence-corrected chi connectivity index (χ3v) is 3.60. The monoisotopic (exact) mass is 256 g/mol. The van der Waals surface area contributed by atoms with Crippen LogP contribution in [0.4, 0.5) is 4.39 Å². The molecular formula is C13H18ClFN2. The molecule has 1 aliphatic carbocycles. The predicted molar refractivity (Wildman–Crippen MR) is 68.6 cm³/mol. The molecule has 0 unspecified atom stereocenters. The van der Waals surface area contributed by atoms with E-state index in [9.17, 15) is 4.39 Å². The third-order valence-electron chi connectivity index (χ3n) is 3.24. The van der Waals surface area contributed by atoms with Crippen LogP contribution in [0.3, 0.4) is 0 Å². The van der Waals surface area contributed by atoms with E-state index in [0.29, 0.717) is 17.1 Å². The molecule has 2 nitrogen and oxygen atoms in total. The normalized spacial score (nSPS) is 17.5. The maximum atomic E-state index is 13.5. The average Bonchev–Trinajstić information content (AvgIpc) is 2.92. The van der Waals surface area contributed by atoms with Gasteiger partial charge in [0.2, 0.25) is 0 Å². The molecule has 94 valence electrons. The maximum Gasteiger partial charge on any atom is 0.126 e. The van der Waals surface area contributed by atoms with Crippen LogP contribution in [0.5, 0.6) is 0 Å². The summed E-state index contributed by atoms with van der Waals surface area (Å²) in [6, 6.07) is 3.19. The Morgan fingerprint density at radius 2 is 2.12 bits per heavy atom. The number of likely N-dealkylation sites (N-methyl/N-ethyl adjacent to an activating group) is 1. The zero-order chi connectivity index (χ0) is 12.6. The summed E-state index contributed by atoms with van der Waals surface area (Å²) in [5.41, 5.74) is 7.42. The molecule has 4 heteroatoms. The number of nitrogens with zero attached hydrogens (tertiary/aromatic N) is 1. The van der Waals surface area contributed by atoms with Gasteiger partial charge in [0.1, 0.15) is 5.82 Å². The van der Waals surface area contributed by atoms with E-state index in [1.807, 2.05) is 7.05 Å². The van der Waals surface area contributed by atoms with Gasteiger partial charge >= 0.3 is 0 Å². The van der Waals surface area contributed by atoms with E-state index < -0.39 is 0 Å². The Balaban J connectivity index is 2.05. The molecule has 2 N–H and O–H groups in total. The van der Waals surface area contributed by atoms with Crippen molar-refractivity contribution in [1.29, 1.82) is 0 Å². The molecule has 0 atom stereocenters. The molecule has 1 aromatic rings. The van der Waals surface area contributed by atoms with Crippen molar-refractivity contribution in [3.8, 4) is 0 Å². The van der Waals surface area contributed by atoms with Crippen molar-refractivity contribution in [1.82, 2.24) is 4.90 Å². The van der Waals surface area contributed by atoms with E-state index in [-0.39, 0.29) is 11.4 Å². The fourth-order valence-corrected chi connectivity index (χ4v) is 2.29. The minimum absolute atomic E-state index is 0.0233. The zero-order valence-electron chi connectivity index (χ0n) is 10.3. The second-order valence-electron chi connectivity index (χ2n) is 5.23. The highest BCUT2D eigenvalue weighted by Gasteiger charge is 2.38. The maximum absolute atomic E-state index is 13.5. The van der Waals surface area contributed by atoms with E-state index in [2.05, 4.69) is 4.90 Å². The van der Waals surface area contributed by atoms with Gasteiger partial charge in [-0.1, -0.05) is 11.6 Å². The van der Waals surface area contributed by atoms with Crippen LogP contribution >= 0.6 is 11.6 Å². The van der Waals surface area contributed by atoms with Gasteiger partial charge in [-0.2, -0.15) is 0 Å². The van der Waals surface area contributed by atoms with Crippen molar-refractivity contribution in [2.24, 2.45) is 5.73 Å². The molecule has 0 amide bonds. The first-order valence-electron chi connectivity index (χ1n) is 5.82. The summed E-state index contributed by atoms with van der Waals surface area (Å²) in [7, 11) is 1.99. The number of benzene rings is 1. The van der Waals surface area contributed by atoms with E-state index >= 15 is 0 Å². The lowest BCUT2D eigenvalue weighted by Crippen LogP contribution is -2.36. The van der Waals surface area contributed by atoms with E-state index in [1.165, 1.54) is 6.07 Å². The highest BCUT2D eigenvalue weighted by Crippen LogP contribution is 2.33. The van der Waals surface area contributed by atoms with Gasteiger partial charge in [-0.3, -0.25) is 0 Å². The number of aryl methyl sites for hydroxylation is 1. The first-order valence-corrected chi connectivity index (χ1v) is 6.19. The Hall–Kier alpha value is -0.640. The fourth-order valence-electron chi connectivity index (χ4n) is 2.01. The summed E-state index contributed by atoms with van der Waals surface area (Å²) in [5, 5.41) is 0.623. The molecule has 0 heterocycles. The lowest BCUT2D eigenvalue weighted by molar-refractivity contribution is 0.295. The van der Waals surface area contributed by atoms with E-state index in [0.717, 1.165) is 24.9 Å². The molecule has 0 bridgehead atoms. The summed E-state index contributed by atoms with van der Waals surface area (Å²) < 4.78 is 13.5. The largest absolute Gasteiger partial charge is 0.324 e. The van der Waals surface area contributed by atoms with Crippen molar-refractivity contribution in [2.45, 2.75) is 31.8 Å².